The summed E-state index contributed by atoms with van der Waals surface area (Å²) in [5, 5.41) is 0. The number of benzene rings is 2. The van der Waals surface area contributed by atoms with E-state index in [4.69, 9.17) is 0 Å². The van der Waals surface area contributed by atoms with Gasteiger partial charge >= 0.3 is 0 Å². The molecule has 22 heavy (non-hydrogen) atoms. The Bertz CT molecular complexity index is 643. The molecule has 1 aliphatic rings. The highest BCUT2D eigenvalue weighted by atomic mass is 19.3. The summed E-state index contributed by atoms with van der Waals surface area (Å²) in [4.78, 5) is 13.8. The molecule has 114 valence electrons. The smallest absolute Gasteiger partial charge is 0.253 e. The van der Waals surface area contributed by atoms with E-state index in [1.54, 1.807) is 12.1 Å². The monoisotopic (exact) mass is 301 g/mol. The van der Waals surface area contributed by atoms with Gasteiger partial charge in [-0.15, -0.1) is 0 Å². The molecule has 0 unspecified atom stereocenters. The van der Waals surface area contributed by atoms with Crippen molar-refractivity contribution in [3.05, 3.63) is 60.2 Å². The van der Waals surface area contributed by atoms with Crippen LogP contribution in [0, 0.1) is 0 Å². The van der Waals surface area contributed by atoms with Gasteiger partial charge in [0.1, 0.15) is 0 Å². The number of halogens is 2. The van der Waals surface area contributed by atoms with Crippen molar-refractivity contribution < 1.29 is 13.6 Å². The molecule has 0 aromatic heterocycles. The zero-order valence-electron chi connectivity index (χ0n) is 12.1. The summed E-state index contributed by atoms with van der Waals surface area (Å²) < 4.78 is 26.3. The van der Waals surface area contributed by atoms with Crippen LogP contribution in [0.4, 0.5) is 8.78 Å². The highest BCUT2D eigenvalue weighted by Crippen LogP contribution is 2.28. The van der Waals surface area contributed by atoms with E-state index >= 15 is 0 Å². The Hall–Kier alpha value is -2.23. The molecule has 0 radical (unpaired) electrons. The Morgan fingerprint density at radius 2 is 1.41 bits per heavy atom. The number of likely N-dealkylation sites (tertiary alicyclic amines) is 1. The Balaban J connectivity index is 1.72. The molecule has 1 aliphatic heterocycles. The minimum Gasteiger partial charge on any atom is -0.338 e. The lowest BCUT2D eigenvalue weighted by atomic mass is 10.0. The average Bonchev–Trinajstić information content (AvgIpc) is 2.55. The number of alkyl halides is 2. The van der Waals surface area contributed by atoms with Crippen LogP contribution in [0.25, 0.3) is 11.1 Å². The summed E-state index contributed by atoms with van der Waals surface area (Å²) in [5.74, 6) is -2.80. The molecule has 4 heteroatoms. The van der Waals surface area contributed by atoms with E-state index < -0.39 is 5.92 Å². The van der Waals surface area contributed by atoms with Crippen LogP contribution in [0.3, 0.4) is 0 Å². The van der Waals surface area contributed by atoms with Crippen LogP contribution in [0.5, 0.6) is 0 Å². The van der Waals surface area contributed by atoms with Gasteiger partial charge in [-0.2, -0.15) is 0 Å². The fourth-order valence-electron chi connectivity index (χ4n) is 2.66. The van der Waals surface area contributed by atoms with Crippen LogP contribution in [0.1, 0.15) is 23.2 Å². The van der Waals surface area contributed by atoms with E-state index in [1.165, 1.54) is 4.90 Å². The van der Waals surface area contributed by atoms with Crippen molar-refractivity contribution in [2.24, 2.45) is 0 Å². The maximum atomic E-state index is 13.1. The van der Waals surface area contributed by atoms with Crippen molar-refractivity contribution in [2.75, 3.05) is 13.1 Å². The summed E-state index contributed by atoms with van der Waals surface area (Å²) in [6.07, 6.45) is -0.498. The molecule has 1 fully saturated rings. The molecule has 0 atom stereocenters. The highest BCUT2D eigenvalue weighted by Gasteiger charge is 2.35. The van der Waals surface area contributed by atoms with Crippen molar-refractivity contribution in [2.45, 2.75) is 18.8 Å². The van der Waals surface area contributed by atoms with Gasteiger partial charge in [-0.1, -0.05) is 42.5 Å². The van der Waals surface area contributed by atoms with Gasteiger partial charge in [0, 0.05) is 31.5 Å². The summed E-state index contributed by atoms with van der Waals surface area (Å²) in [7, 11) is 0. The first-order chi connectivity index (χ1) is 10.6. The minimum atomic E-state index is -2.63. The lowest BCUT2D eigenvalue weighted by Gasteiger charge is -2.31. The lowest BCUT2D eigenvalue weighted by molar-refractivity contribution is -0.0494. The summed E-state index contributed by atoms with van der Waals surface area (Å²) in [6, 6.07) is 17.2. The number of carbonyl (C=O) groups excluding carboxylic acids is 1. The minimum absolute atomic E-state index is 0.117. The summed E-state index contributed by atoms with van der Waals surface area (Å²) in [6.45, 7) is 0.235. The fourth-order valence-corrected chi connectivity index (χ4v) is 2.66. The molecule has 1 amide bonds. The molecule has 0 spiro atoms. The third-order valence-corrected chi connectivity index (χ3v) is 4.02. The molecule has 1 saturated heterocycles. The van der Waals surface area contributed by atoms with Gasteiger partial charge in [0.05, 0.1) is 0 Å². The van der Waals surface area contributed by atoms with Gasteiger partial charge in [0.25, 0.3) is 11.8 Å². The maximum Gasteiger partial charge on any atom is 0.253 e. The van der Waals surface area contributed by atoms with Gasteiger partial charge in [0.15, 0.2) is 0 Å². The Kier molecular flexibility index (Phi) is 3.92. The molecule has 0 saturated carbocycles. The average molecular weight is 301 g/mol. The van der Waals surface area contributed by atoms with Crippen LogP contribution in [0.15, 0.2) is 54.6 Å². The van der Waals surface area contributed by atoms with E-state index in [0.717, 1.165) is 11.1 Å². The second kappa shape index (κ2) is 5.87. The van der Waals surface area contributed by atoms with Gasteiger partial charge in [-0.3, -0.25) is 4.79 Å². The number of rotatable bonds is 2. The number of hydrogen-bond donors (Lipinski definition) is 0. The first-order valence-corrected chi connectivity index (χ1v) is 7.38. The van der Waals surface area contributed by atoms with Crippen molar-refractivity contribution in [1.82, 2.24) is 4.90 Å². The van der Waals surface area contributed by atoms with E-state index in [0.29, 0.717) is 5.56 Å². The molecule has 1 heterocycles. The number of amides is 1. The number of hydrogen-bond acceptors (Lipinski definition) is 1. The van der Waals surface area contributed by atoms with Gasteiger partial charge in [-0.25, -0.2) is 8.78 Å². The fraction of sp³-hybridized carbons (Fsp3) is 0.278. The SMILES string of the molecule is O=C(c1ccc(-c2ccccc2)cc1)N1CCC(F)(F)CC1. The van der Waals surface area contributed by atoms with E-state index in [1.807, 2.05) is 42.5 Å². The Morgan fingerprint density at radius 3 is 2.00 bits per heavy atom. The second-order valence-corrected chi connectivity index (χ2v) is 5.59. The van der Waals surface area contributed by atoms with E-state index in [-0.39, 0.29) is 31.8 Å². The molecular weight excluding hydrogens is 284 g/mol. The quantitative estimate of drug-likeness (QED) is 0.813. The summed E-state index contributed by atoms with van der Waals surface area (Å²) in [5.41, 5.74) is 2.66. The Morgan fingerprint density at radius 1 is 0.864 bits per heavy atom. The largest absolute Gasteiger partial charge is 0.338 e. The molecule has 2 aromatic carbocycles. The van der Waals surface area contributed by atoms with Crippen LogP contribution >= 0.6 is 0 Å². The zero-order valence-corrected chi connectivity index (χ0v) is 12.1. The Labute approximate surface area is 128 Å². The first kappa shape index (κ1) is 14.7. The van der Waals surface area contributed by atoms with Crippen molar-refractivity contribution in [3.63, 3.8) is 0 Å². The van der Waals surface area contributed by atoms with Gasteiger partial charge < -0.3 is 4.90 Å². The molecule has 2 aromatic rings. The molecule has 0 bridgehead atoms. The van der Waals surface area contributed by atoms with E-state index in [9.17, 15) is 13.6 Å². The third kappa shape index (κ3) is 3.16. The maximum absolute atomic E-state index is 13.1. The van der Waals surface area contributed by atoms with E-state index in [2.05, 4.69) is 0 Å². The zero-order chi connectivity index (χ0) is 15.6. The predicted octanol–water partition coefficient (Wildman–Crippen LogP) is 4.22. The molecule has 2 nitrogen and oxygen atoms in total. The van der Waals surface area contributed by atoms with Gasteiger partial charge in [-0.05, 0) is 23.3 Å². The van der Waals surface area contributed by atoms with Crippen LogP contribution in [-0.4, -0.2) is 29.8 Å². The first-order valence-electron chi connectivity index (χ1n) is 7.38. The topological polar surface area (TPSA) is 20.3 Å². The van der Waals surface area contributed by atoms with Crippen LogP contribution in [-0.2, 0) is 0 Å². The molecule has 0 aliphatic carbocycles. The number of piperidine rings is 1. The second-order valence-electron chi connectivity index (χ2n) is 5.59. The lowest BCUT2D eigenvalue weighted by Crippen LogP contribution is -2.42. The van der Waals surface area contributed by atoms with Crippen molar-refractivity contribution in [3.8, 4) is 11.1 Å². The van der Waals surface area contributed by atoms with Crippen molar-refractivity contribution >= 4 is 5.91 Å². The summed E-state index contributed by atoms with van der Waals surface area (Å²) >= 11 is 0. The third-order valence-electron chi connectivity index (χ3n) is 4.02. The van der Waals surface area contributed by atoms with Gasteiger partial charge in [0.2, 0.25) is 0 Å². The highest BCUT2D eigenvalue weighted by molar-refractivity contribution is 5.94. The van der Waals surface area contributed by atoms with Crippen LogP contribution < -0.4 is 0 Å². The molecule has 3 rings (SSSR count). The number of carbonyl (C=O) groups is 1. The van der Waals surface area contributed by atoms with Crippen molar-refractivity contribution in [1.29, 1.82) is 0 Å². The number of nitrogens with zero attached hydrogens (tertiary/aromatic N) is 1. The standard InChI is InChI=1S/C18H17F2NO/c19-18(20)10-12-21(13-11-18)17(22)16-8-6-15(7-9-16)14-4-2-1-3-5-14/h1-9H,10-13H2. The predicted molar refractivity (Wildman–Crippen MR) is 82.0 cm³/mol. The molecule has 0 N–H and O–H groups in total. The van der Waals surface area contributed by atoms with Crippen LogP contribution in [0.2, 0.25) is 0 Å². The molecular formula is C18H17F2NO. The normalized spacial score (nSPS) is 17.3.